The summed E-state index contributed by atoms with van der Waals surface area (Å²) in [4.78, 5) is 11.4. The van der Waals surface area contributed by atoms with Gasteiger partial charge in [0.25, 0.3) is 0 Å². The quantitative estimate of drug-likeness (QED) is 0.544. The minimum atomic E-state index is -3.45. The number of aliphatic hydroxyl groups excluding tert-OH is 1. The Morgan fingerprint density at radius 3 is 2.75 bits per heavy atom. The van der Waals surface area contributed by atoms with Crippen molar-refractivity contribution in [2.45, 2.75) is 18.6 Å². The zero-order chi connectivity index (χ0) is 15.0. The van der Waals surface area contributed by atoms with Crippen molar-refractivity contribution in [2.75, 3.05) is 20.3 Å². The van der Waals surface area contributed by atoms with Crippen molar-refractivity contribution >= 4 is 16.0 Å². The number of aliphatic hydroxyl groups is 1. The maximum absolute atomic E-state index is 11.8. The van der Waals surface area contributed by atoms with Crippen molar-refractivity contribution in [3.8, 4) is 0 Å². The zero-order valence-electron chi connectivity index (χ0n) is 11.3. The average molecular weight is 301 g/mol. The maximum atomic E-state index is 11.8. The molecule has 0 aromatic heterocycles. The molecule has 0 bridgehead atoms. The van der Waals surface area contributed by atoms with Gasteiger partial charge in [0.15, 0.2) is 0 Å². The van der Waals surface area contributed by atoms with Gasteiger partial charge < -0.3 is 9.84 Å². The Labute approximate surface area is 118 Å². The highest BCUT2D eigenvalue weighted by Crippen LogP contribution is 2.09. The highest BCUT2D eigenvalue weighted by atomic mass is 32.2. The molecule has 0 radical (unpaired) electrons. The number of sulfonamides is 1. The van der Waals surface area contributed by atoms with Gasteiger partial charge in [-0.2, -0.15) is 0 Å². The summed E-state index contributed by atoms with van der Waals surface area (Å²) in [5.74, 6) is -0.697. The number of carbonyl (C=O) groups excluding carboxylic acids is 1. The second-order valence-electron chi connectivity index (χ2n) is 4.28. The summed E-state index contributed by atoms with van der Waals surface area (Å²) in [5.41, 5.74) is 0.836. The van der Waals surface area contributed by atoms with Gasteiger partial charge >= 0.3 is 5.97 Å². The molecule has 0 saturated heterocycles. The molecule has 0 spiro atoms. The number of methoxy groups -OCH3 is 1. The smallest absolute Gasteiger partial charge is 0.337 e. The molecule has 0 amide bonds. The van der Waals surface area contributed by atoms with Gasteiger partial charge in [-0.15, -0.1) is 0 Å². The molecule has 1 aromatic carbocycles. The Balaban J connectivity index is 2.65. The van der Waals surface area contributed by atoms with Crippen LogP contribution in [0.15, 0.2) is 24.3 Å². The standard InChI is InChI=1S/C13H19NO5S/c1-19-13(16)12-6-4-5-11(9-12)10-20(17,18)14-7-2-3-8-15/h4-6,9,14-15H,2-3,7-8,10H2,1H3. The molecule has 112 valence electrons. The molecule has 0 heterocycles. The van der Waals surface area contributed by atoms with Crippen molar-refractivity contribution in [1.82, 2.24) is 4.72 Å². The minimum absolute atomic E-state index is 0.0445. The highest BCUT2D eigenvalue weighted by molar-refractivity contribution is 7.88. The van der Waals surface area contributed by atoms with Crippen LogP contribution in [0, 0.1) is 0 Å². The van der Waals surface area contributed by atoms with Gasteiger partial charge in [0.2, 0.25) is 10.0 Å². The molecule has 0 atom stereocenters. The third-order valence-electron chi connectivity index (χ3n) is 2.61. The number of ether oxygens (including phenoxy) is 1. The first-order valence-corrected chi connectivity index (χ1v) is 7.89. The van der Waals surface area contributed by atoms with Gasteiger partial charge in [0.05, 0.1) is 18.4 Å². The number of unbranched alkanes of at least 4 members (excludes halogenated alkanes) is 1. The number of rotatable bonds is 8. The van der Waals surface area contributed by atoms with E-state index in [9.17, 15) is 13.2 Å². The molecular weight excluding hydrogens is 282 g/mol. The fourth-order valence-corrected chi connectivity index (χ4v) is 2.82. The van der Waals surface area contributed by atoms with Gasteiger partial charge in [0.1, 0.15) is 0 Å². The second-order valence-corrected chi connectivity index (χ2v) is 6.08. The third kappa shape index (κ3) is 5.68. The molecule has 0 aliphatic heterocycles. The van der Waals surface area contributed by atoms with Crippen LogP contribution in [0.5, 0.6) is 0 Å². The summed E-state index contributed by atoms with van der Waals surface area (Å²) < 4.78 is 30.7. The van der Waals surface area contributed by atoms with E-state index in [1.54, 1.807) is 18.2 Å². The molecule has 0 aliphatic rings. The van der Waals surface area contributed by atoms with Crippen LogP contribution in [0.1, 0.15) is 28.8 Å². The van der Waals surface area contributed by atoms with Crippen molar-refractivity contribution in [2.24, 2.45) is 0 Å². The summed E-state index contributed by atoms with van der Waals surface area (Å²) >= 11 is 0. The van der Waals surface area contributed by atoms with Gasteiger partial charge in [-0.1, -0.05) is 12.1 Å². The predicted octanol–water partition coefficient (Wildman–Crippen LogP) is 0.665. The summed E-state index contributed by atoms with van der Waals surface area (Å²) in [6.45, 7) is 0.336. The van der Waals surface area contributed by atoms with Crippen molar-refractivity contribution in [3.05, 3.63) is 35.4 Å². The normalized spacial score (nSPS) is 11.3. The monoisotopic (exact) mass is 301 g/mol. The lowest BCUT2D eigenvalue weighted by atomic mass is 10.1. The summed E-state index contributed by atoms with van der Waals surface area (Å²) in [6.07, 6.45) is 1.14. The Hall–Kier alpha value is -1.44. The van der Waals surface area contributed by atoms with E-state index in [1.807, 2.05) is 0 Å². The summed E-state index contributed by atoms with van der Waals surface area (Å²) in [5, 5.41) is 8.62. The van der Waals surface area contributed by atoms with Crippen LogP contribution in [0.25, 0.3) is 0 Å². The number of benzene rings is 1. The molecular formula is C13H19NO5S. The van der Waals surface area contributed by atoms with Crippen LogP contribution < -0.4 is 4.72 Å². The third-order valence-corrected chi connectivity index (χ3v) is 3.97. The van der Waals surface area contributed by atoms with E-state index in [2.05, 4.69) is 9.46 Å². The van der Waals surface area contributed by atoms with Crippen LogP contribution in [0.3, 0.4) is 0 Å². The first-order chi connectivity index (χ1) is 9.48. The molecule has 1 rings (SSSR count). The summed E-state index contributed by atoms with van der Waals surface area (Å²) in [7, 11) is -2.18. The predicted molar refractivity (Wildman–Crippen MR) is 74.7 cm³/mol. The first kappa shape index (κ1) is 16.6. The lowest BCUT2D eigenvalue weighted by molar-refractivity contribution is 0.0600. The number of hydrogen-bond acceptors (Lipinski definition) is 5. The molecule has 0 aliphatic carbocycles. The van der Waals surface area contributed by atoms with Crippen LogP contribution >= 0.6 is 0 Å². The molecule has 0 fully saturated rings. The molecule has 0 saturated carbocycles. The largest absolute Gasteiger partial charge is 0.465 e. The number of hydrogen-bond donors (Lipinski definition) is 2. The highest BCUT2D eigenvalue weighted by Gasteiger charge is 2.13. The fraction of sp³-hybridized carbons (Fsp3) is 0.462. The van der Waals surface area contributed by atoms with Gasteiger partial charge in [-0.3, -0.25) is 0 Å². The molecule has 6 nitrogen and oxygen atoms in total. The van der Waals surface area contributed by atoms with Crippen molar-refractivity contribution in [3.63, 3.8) is 0 Å². The molecule has 7 heteroatoms. The van der Waals surface area contributed by atoms with Crippen LogP contribution in [-0.2, 0) is 20.5 Å². The van der Waals surface area contributed by atoms with E-state index in [-0.39, 0.29) is 12.4 Å². The lowest BCUT2D eigenvalue weighted by Crippen LogP contribution is -2.26. The van der Waals surface area contributed by atoms with E-state index >= 15 is 0 Å². The van der Waals surface area contributed by atoms with Crippen molar-refractivity contribution < 1.29 is 23.1 Å². The molecule has 0 unspecified atom stereocenters. The lowest BCUT2D eigenvalue weighted by Gasteiger charge is -2.07. The van der Waals surface area contributed by atoms with E-state index < -0.39 is 16.0 Å². The number of carbonyl (C=O) groups is 1. The second kappa shape index (κ2) is 7.98. The SMILES string of the molecule is COC(=O)c1cccc(CS(=O)(=O)NCCCCO)c1. The van der Waals surface area contributed by atoms with E-state index in [0.29, 0.717) is 30.5 Å². The Morgan fingerprint density at radius 2 is 2.10 bits per heavy atom. The first-order valence-electron chi connectivity index (χ1n) is 6.24. The zero-order valence-corrected chi connectivity index (χ0v) is 12.1. The van der Waals surface area contributed by atoms with Gasteiger partial charge in [-0.05, 0) is 30.5 Å². The Kier molecular flexibility index (Phi) is 6.63. The Bertz CT molecular complexity index is 541. The number of nitrogens with one attached hydrogen (secondary N) is 1. The van der Waals surface area contributed by atoms with E-state index in [0.717, 1.165) is 0 Å². The number of esters is 1. The van der Waals surface area contributed by atoms with Crippen LogP contribution in [0.2, 0.25) is 0 Å². The maximum Gasteiger partial charge on any atom is 0.337 e. The van der Waals surface area contributed by atoms with Gasteiger partial charge in [0, 0.05) is 13.2 Å². The van der Waals surface area contributed by atoms with Gasteiger partial charge in [-0.25, -0.2) is 17.9 Å². The van der Waals surface area contributed by atoms with Crippen molar-refractivity contribution in [1.29, 1.82) is 0 Å². The van der Waals surface area contributed by atoms with E-state index in [4.69, 9.17) is 5.11 Å². The van der Waals surface area contributed by atoms with Crippen LogP contribution in [0.4, 0.5) is 0 Å². The molecule has 1 aromatic rings. The van der Waals surface area contributed by atoms with E-state index in [1.165, 1.54) is 13.2 Å². The summed E-state index contributed by atoms with van der Waals surface area (Å²) in [6, 6.07) is 6.32. The molecule has 20 heavy (non-hydrogen) atoms. The Morgan fingerprint density at radius 1 is 1.35 bits per heavy atom. The molecule has 2 N–H and O–H groups in total. The topological polar surface area (TPSA) is 92.7 Å². The average Bonchev–Trinajstić information content (AvgIpc) is 2.42. The minimum Gasteiger partial charge on any atom is -0.465 e. The van der Waals surface area contributed by atoms with Crippen LogP contribution in [-0.4, -0.2) is 39.8 Å². The fourth-order valence-electron chi connectivity index (χ4n) is 1.64.